The van der Waals surface area contributed by atoms with Crippen molar-refractivity contribution in [3.8, 4) is 23.0 Å². The van der Waals surface area contributed by atoms with E-state index in [9.17, 15) is 9.90 Å². The molecule has 0 unspecified atom stereocenters. The molecule has 0 aromatic heterocycles. The normalized spacial score (nSPS) is 10.5. The maximum Gasteiger partial charge on any atom is 0.277 e. The molecule has 25 heavy (non-hydrogen) atoms. The van der Waals surface area contributed by atoms with E-state index < -0.39 is 5.91 Å². The molecule has 0 aliphatic rings. The molecule has 0 heterocycles. The van der Waals surface area contributed by atoms with Gasteiger partial charge in [-0.3, -0.25) is 4.79 Å². The number of phenolic OH excluding ortho intramolecular Hbond substituents is 1. The van der Waals surface area contributed by atoms with Crippen molar-refractivity contribution >= 4 is 23.7 Å². The summed E-state index contributed by atoms with van der Waals surface area (Å²) in [5.41, 5.74) is 2.90. The largest absolute Gasteiger partial charge is 0.502 e. The maximum atomic E-state index is 11.7. The second-order valence-corrected chi connectivity index (χ2v) is 5.19. The first-order chi connectivity index (χ1) is 12.0. The summed E-state index contributed by atoms with van der Waals surface area (Å²) in [7, 11) is 2.84. The van der Waals surface area contributed by atoms with Crippen LogP contribution in [0.1, 0.15) is 5.56 Å². The number of phenols is 1. The minimum atomic E-state index is -0.450. The molecule has 0 spiro atoms. The van der Waals surface area contributed by atoms with Gasteiger partial charge in [0.15, 0.2) is 18.1 Å². The number of halogens is 1. The van der Waals surface area contributed by atoms with Gasteiger partial charge in [0.2, 0.25) is 5.75 Å². The van der Waals surface area contributed by atoms with Crippen LogP contribution in [-0.2, 0) is 4.79 Å². The van der Waals surface area contributed by atoms with E-state index in [2.05, 4.69) is 10.5 Å². The molecule has 0 atom stereocenters. The average Bonchev–Trinajstić information content (AvgIpc) is 2.62. The zero-order valence-corrected chi connectivity index (χ0v) is 14.4. The third kappa shape index (κ3) is 5.02. The molecule has 0 saturated heterocycles. The lowest BCUT2D eigenvalue weighted by Gasteiger charge is -2.09. The van der Waals surface area contributed by atoms with Crippen LogP contribution in [-0.4, -0.2) is 38.1 Å². The van der Waals surface area contributed by atoms with Crippen molar-refractivity contribution in [2.24, 2.45) is 5.10 Å². The zero-order chi connectivity index (χ0) is 18.2. The summed E-state index contributed by atoms with van der Waals surface area (Å²) in [6.45, 7) is -0.233. The Morgan fingerprint density at radius 1 is 1.20 bits per heavy atom. The van der Waals surface area contributed by atoms with Gasteiger partial charge in [0, 0.05) is 5.56 Å². The standard InChI is InChI=1S/C17H17ClN2O5/c1-23-14-7-11(8-15(24-2)17(14)22)9-19-20-16(21)10-25-13-6-4-3-5-12(13)18/h3-9,22H,10H2,1-2H3,(H,20,21)/b19-9-. The molecule has 2 aromatic rings. The Balaban J connectivity index is 1.94. The van der Waals surface area contributed by atoms with Crippen molar-refractivity contribution in [2.75, 3.05) is 20.8 Å². The van der Waals surface area contributed by atoms with E-state index in [0.717, 1.165) is 0 Å². The van der Waals surface area contributed by atoms with Gasteiger partial charge in [-0.2, -0.15) is 5.10 Å². The lowest BCUT2D eigenvalue weighted by molar-refractivity contribution is -0.123. The van der Waals surface area contributed by atoms with Crippen molar-refractivity contribution in [1.82, 2.24) is 5.43 Å². The predicted molar refractivity (Wildman–Crippen MR) is 93.9 cm³/mol. The fraction of sp³-hybridized carbons (Fsp3) is 0.176. The van der Waals surface area contributed by atoms with E-state index in [1.807, 2.05) is 0 Å². The fourth-order valence-electron chi connectivity index (χ4n) is 1.90. The summed E-state index contributed by atoms with van der Waals surface area (Å²) in [5, 5.41) is 14.1. The zero-order valence-electron chi connectivity index (χ0n) is 13.7. The number of nitrogens with one attached hydrogen (secondary N) is 1. The Kier molecular flexibility index (Phi) is 6.47. The number of hydrogen-bond acceptors (Lipinski definition) is 6. The van der Waals surface area contributed by atoms with Crippen LogP contribution in [0, 0.1) is 0 Å². The summed E-state index contributed by atoms with van der Waals surface area (Å²) in [6, 6.07) is 9.94. The van der Waals surface area contributed by atoms with Gasteiger partial charge in [0.05, 0.1) is 25.5 Å². The Hall–Kier alpha value is -2.93. The number of nitrogens with zero attached hydrogens (tertiary/aromatic N) is 1. The number of benzene rings is 2. The van der Waals surface area contributed by atoms with Gasteiger partial charge in [-0.1, -0.05) is 23.7 Å². The molecule has 0 aliphatic carbocycles. The molecular formula is C17H17ClN2O5. The number of hydrazone groups is 1. The molecule has 0 aliphatic heterocycles. The van der Waals surface area contributed by atoms with Gasteiger partial charge >= 0.3 is 0 Å². The third-order valence-electron chi connectivity index (χ3n) is 3.10. The highest BCUT2D eigenvalue weighted by Crippen LogP contribution is 2.36. The van der Waals surface area contributed by atoms with Gasteiger partial charge in [-0.15, -0.1) is 0 Å². The van der Waals surface area contributed by atoms with Crippen LogP contribution in [0.15, 0.2) is 41.5 Å². The van der Waals surface area contributed by atoms with E-state index in [1.165, 1.54) is 20.4 Å². The first kappa shape index (κ1) is 18.4. The topological polar surface area (TPSA) is 89.4 Å². The van der Waals surface area contributed by atoms with Crippen LogP contribution in [0.4, 0.5) is 0 Å². The summed E-state index contributed by atoms with van der Waals surface area (Å²) >= 11 is 5.93. The van der Waals surface area contributed by atoms with E-state index in [-0.39, 0.29) is 23.9 Å². The lowest BCUT2D eigenvalue weighted by Crippen LogP contribution is -2.24. The van der Waals surface area contributed by atoms with Crippen molar-refractivity contribution in [2.45, 2.75) is 0 Å². The molecule has 132 valence electrons. The smallest absolute Gasteiger partial charge is 0.277 e. The Morgan fingerprint density at radius 3 is 2.44 bits per heavy atom. The van der Waals surface area contributed by atoms with Crippen molar-refractivity contribution < 1.29 is 24.1 Å². The number of amides is 1. The second kappa shape index (κ2) is 8.79. The van der Waals surface area contributed by atoms with Crippen LogP contribution >= 0.6 is 11.6 Å². The highest BCUT2D eigenvalue weighted by molar-refractivity contribution is 6.32. The highest BCUT2D eigenvalue weighted by Gasteiger charge is 2.10. The van der Waals surface area contributed by atoms with Crippen molar-refractivity contribution in [3.05, 3.63) is 47.0 Å². The second-order valence-electron chi connectivity index (χ2n) is 4.79. The van der Waals surface area contributed by atoms with E-state index in [1.54, 1.807) is 36.4 Å². The Morgan fingerprint density at radius 2 is 1.84 bits per heavy atom. The van der Waals surface area contributed by atoms with Gasteiger partial charge < -0.3 is 19.3 Å². The molecule has 2 aromatic carbocycles. The number of aromatic hydroxyl groups is 1. The van der Waals surface area contributed by atoms with Gasteiger partial charge in [-0.25, -0.2) is 5.43 Å². The van der Waals surface area contributed by atoms with Gasteiger partial charge in [0.25, 0.3) is 5.91 Å². The predicted octanol–water partition coefficient (Wildman–Crippen LogP) is 2.59. The molecule has 8 heteroatoms. The molecule has 0 bridgehead atoms. The number of para-hydroxylation sites is 1. The van der Waals surface area contributed by atoms with E-state index >= 15 is 0 Å². The molecule has 0 fully saturated rings. The van der Waals surface area contributed by atoms with Gasteiger partial charge in [-0.05, 0) is 24.3 Å². The van der Waals surface area contributed by atoms with Crippen LogP contribution in [0.2, 0.25) is 5.02 Å². The van der Waals surface area contributed by atoms with Crippen LogP contribution < -0.4 is 19.6 Å². The first-order valence-corrected chi connectivity index (χ1v) is 7.57. The summed E-state index contributed by atoms with van der Waals surface area (Å²) in [4.78, 5) is 11.7. The van der Waals surface area contributed by atoms with E-state index in [4.69, 9.17) is 25.8 Å². The lowest BCUT2D eigenvalue weighted by atomic mass is 10.2. The summed E-state index contributed by atoms with van der Waals surface area (Å²) in [6.07, 6.45) is 1.39. The van der Waals surface area contributed by atoms with Crippen LogP contribution in [0.3, 0.4) is 0 Å². The van der Waals surface area contributed by atoms with E-state index in [0.29, 0.717) is 16.3 Å². The number of methoxy groups -OCH3 is 2. The summed E-state index contributed by atoms with van der Waals surface area (Å²) < 4.78 is 15.4. The third-order valence-corrected chi connectivity index (χ3v) is 3.41. The van der Waals surface area contributed by atoms with Crippen molar-refractivity contribution in [1.29, 1.82) is 0 Å². The van der Waals surface area contributed by atoms with Crippen molar-refractivity contribution in [3.63, 3.8) is 0 Å². The number of rotatable bonds is 7. The number of ether oxygens (including phenoxy) is 3. The number of carbonyl (C=O) groups is 1. The fourth-order valence-corrected chi connectivity index (χ4v) is 2.09. The quantitative estimate of drug-likeness (QED) is 0.582. The molecule has 0 radical (unpaired) electrons. The molecule has 2 N–H and O–H groups in total. The minimum absolute atomic E-state index is 0.112. The molecule has 7 nitrogen and oxygen atoms in total. The SMILES string of the molecule is COc1cc(/C=N\NC(=O)COc2ccccc2Cl)cc(OC)c1O. The van der Waals surface area contributed by atoms with Crippen LogP contribution in [0.5, 0.6) is 23.0 Å². The Labute approximate surface area is 149 Å². The number of carbonyl (C=O) groups excluding carboxylic acids is 1. The molecule has 1 amide bonds. The van der Waals surface area contributed by atoms with Gasteiger partial charge in [0.1, 0.15) is 5.75 Å². The Bertz CT molecular complexity index is 754. The average molecular weight is 365 g/mol. The molecule has 0 saturated carbocycles. The minimum Gasteiger partial charge on any atom is -0.502 e. The summed E-state index contributed by atoms with van der Waals surface area (Å²) in [5.74, 6) is 0.313. The molecule has 2 rings (SSSR count). The maximum absolute atomic E-state index is 11.7. The van der Waals surface area contributed by atoms with Crippen LogP contribution in [0.25, 0.3) is 0 Å². The first-order valence-electron chi connectivity index (χ1n) is 7.19. The number of hydrogen-bond donors (Lipinski definition) is 2. The monoisotopic (exact) mass is 364 g/mol. The molecular weight excluding hydrogens is 348 g/mol. The highest BCUT2D eigenvalue weighted by atomic mass is 35.5.